The Morgan fingerprint density at radius 3 is 1.76 bits per heavy atom. The molecule has 6 saturated carbocycles. The summed E-state index contributed by atoms with van der Waals surface area (Å²) >= 11 is 0. The van der Waals surface area contributed by atoms with Crippen molar-refractivity contribution in [1.29, 1.82) is 0 Å². The molecule has 6 aliphatic carbocycles. The minimum absolute atomic E-state index is 0. The van der Waals surface area contributed by atoms with Crippen molar-refractivity contribution in [3.8, 4) is 0 Å². The van der Waals surface area contributed by atoms with Crippen molar-refractivity contribution in [1.82, 2.24) is 5.06 Å². The van der Waals surface area contributed by atoms with Gasteiger partial charge < -0.3 is 0 Å². The molecule has 6 aliphatic rings. The molecule has 29 heavy (non-hydrogen) atoms. The van der Waals surface area contributed by atoms with Gasteiger partial charge in [-0.15, -0.1) is 0 Å². The van der Waals surface area contributed by atoms with Crippen molar-refractivity contribution < 1.29 is 27.1 Å². The van der Waals surface area contributed by atoms with E-state index in [1.807, 2.05) is 44.9 Å². The largest absolute Gasteiger partial charge is 2.00 e. The molecule has 0 atom stereocenters. The Hall–Kier alpha value is 0.166. The van der Waals surface area contributed by atoms with Crippen LogP contribution in [0.3, 0.4) is 0 Å². The molecule has 3 nitrogen and oxygen atoms in total. The zero-order chi connectivity index (χ0) is 19.9. The molecule has 6 fully saturated rings. The van der Waals surface area contributed by atoms with E-state index in [1.165, 1.54) is 29.9 Å². The Kier molecular flexibility index (Phi) is 7.68. The number of rotatable bonds is 3. The maximum absolute atomic E-state index is 13.1. The van der Waals surface area contributed by atoms with Gasteiger partial charge in [-0.05, 0) is 113 Å². The maximum atomic E-state index is 13.1. The number of amides is 1. The van der Waals surface area contributed by atoms with E-state index in [4.69, 9.17) is 0 Å². The topological polar surface area (TPSA) is 40.5 Å². The number of carbonyl (C=O) groups excluding carboxylic acids is 1. The van der Waals surface area contributed by atoms with Crippen molar-refractivity contribution in [2.24, 2.45) is 17.8 Å². The van der Waals surface area contributed by atoms with E-state index in [-0.39, 0.29) is 28.5 Å². The number of carbonyl (C=O) groups is 1. The first kappa shape index (κ1) is 23.8. The minimum Gasteiger partial charge on any atom is -0.285 e. The van der Waals surface area contributed by atoms with Crippen molar-refractivity contribution in [2.45, 2.75) is 63.7 Å². The summed E-state index contributed by atoms with van der Waals surface area (Å²) in [4.78, 5) is 13.1. The molecule has 5 heteroatoms. The van der Waals surface area contributed by atoms with E-state index in [1.54, 1.807) is 0 Å². The summed E-state index contributed by atoms with van der Waals surface area (Å²) in [5.74, 6) is 2.75. The van der Waals surface area contributed by atoms with Crippen LogP contribution in [-0.2, 0) is 21.9 Å². The number of nitrogens with zero attached hydrogens (tertiary/aromatic N) is 1. The molecule has 0 aromatic heterocycles. The van der Waals surface area contributed by atoms with Gasteiger partial charge >= 0.3 is 17.1 Å². The minimum atomic E-state index is -1.58. The zero-order valence-electron chi connectivity index (χ0n) is 17.7. The van der Waals surface area contributed by atoms with Crippen LogP contribution < -0.4 is 0 Å². The molecular formula is C24H33FeNO2Si+2. The Morgan fingerprint density at radius 2 is 1.34 bits per heavy atom. The molecule has 6 rings (SSSR count). The van der Waals surface area contributed by atoms with Crippen LogP contribution in [0.5, 0.6) is 0 Å². The molecule has 10 radical (unpaired) electrons. The van der Waals surface area contributed by atoms with Gasteiger partial charge in [0.2, 0.25) is 0 Å². The SMILES string of the molecule is C[Si](C)(C)[C]1[CH][CH][CH][C]1C(=O)N(O)C12CC3CC(CC(C3)C1)C2.[CH]1[CH][CH][CH][CH]1.[Fe+2]. The first-order valence-corrected chi connectivity index (χ1v) is 14.2. The van der Waals surface area contributed by atoms with Crippen LogP contribution in [0.25, 0.3) is 0 Å². The molecule has 0 aliphatic heterocycles. The summed E-state index contributed by atoms with van der Waals surface area (Å²) in [6, 6.07) is 0. The Bertz CT molecular complexity index is 529. The van der Waals surface area contributed by atoms with Crippen LogP contribution in [0.15, 0.2) is 0 Å². The molecule has 1 amide bonds. The van der Waals surface area contributed by atoms with E-state index in [0.29, 0.717) is 0 Å². The van der Waals surface area contributed by atoms with Crippen molar-refractivity contribution in [3.63, 3.8) is 0 Å². The number of hydrogen-bond donors (Lipinski definition) is 1. The summed E-state index contributed by atoms with van der Waals surface area (Å²) < 4.78 is 0. The summed E-state index contributed by atoms with van der Waals surface area (Å²) in [6.07, 6.45) is 22.9. The van der Waals surface area contributed by atoms with E-state index in [9.17, 15) is 10.0 Å². The van der Waals surface area contributed by atoms with Crippen molar-refractivity contribution in [2.75, 3.05) is 0 Å². The Morgan fingerprint density at radius 1 is 0.897 bits per heavy atom. The van der Waals surface area contributed by atoms with Crippen LogP contribution in [0, 0.1) is 80.6 Å². The quantitative estimate of drug-likeness (QED) is 0.379. The van der Waals surface area contributed by atoms with Crippen molar-refractivity contribution >= 4 is 14.0 Å². The summed E-state index contributed by atoms with van der Waals surface area (Å²) in [5.41, 5.74) is 0.895. The molecule has 156 valence electrons. The fourth-order valence-corrected chi connectivity index (χ4v) is 7.83. The summed E-state index contributed by atoms with van der Waals surface area (Å²) in [7, 11) is -1.58. The number of hydrogen-bond acceptors (Lipinski definition) is 2. The normalized spacial score (nSPS) is 36.5. The van der Waals surface area contributed by atoms with Crippen LogP contribution in [0.1, 0.15) is 38.5 Å². The van der Waals surface area contributed by atoms with Gasteiger partial charge in [0.15, 0.2) is 0 Å². The third kappa shape index (κ3) is 4.99. The smallest absolute Gasteiger partial charge is 0.285 e. The van der Waals surface area contributed by atoms with E-state index >= 15 is 0 Å². The maximum Gasteiger partial charge on any atom is 2.00 e. The first-order valence-electron chi connectivity index (χ1n) is 10.7. The van der Waals surface area contributed by atoms with Gasteiger partial charge in [-0.25, -0.2) is 5.06 Å². The van der Waals surface area contributed by atoms with E-state index < -0.39 is 8.07 Å². The van der Waals surface area contributed by atoms with Gasteiger partial charge in [-0.1, -0.05) is 19.6 Å². The second-order valence-corrected chi connectivity index (χ2v) is 15.4. The third-order valence-corrected chi connectivity index (χ3v) is 9.11. The second kappa shape index (κ2) is 9.34. The van der Waals surface area contributed by atoms with Crippen LogP contribution >= 0.6 is 0 Å². The molecule has 0 aromatic carbocycles. The molecule has 0 saturated heterocycles. The van der Waals surface area contributed by atoms with Gasteiger partial charge in [-0.3, -0.25) is 10.0 Å². The van der Waals surface area contributed by atoms with E-state index in [2.05, 4.69) is 26.1 Å². The standard InChI is InChI=1S/C19H28NO2Si.C5H5.Fe/c1-23(2,3)17-6-4-5-16(17)18(21)20(22)19-10-13-7-14(11-19)9-15(8-13)12-19;1-2-4-5-3-1;/h4-6,13-15,22H,7-12H2,1-3H3;1-5H;/q;;+2. The van der Waals surface area contributed by atoms with Gasteiger partial charge in [-0.2, -0.15) is 0 Å². The van der Waals surface area contributed by atoms with Crippen molar-refractivity contribution in [3.05, 3.63) is 62.8 Å². The predicted octanol–water partition coefficient (Wildman–Crippen LogP) is 4.84. The second-order valence-electron chi connectivity index (χ2n) is 10.3. The molecule has 4 bridgehead atoms. The van der Waals surface area contributed by atoms with Gasteiger partial charge in [0.1, 0.15) is 0 Å². The first-order chi connectivity index (χ1) is 13.3. The molecule has 0 spiro atoms. The van der Waals surface area contributed by atoms with Gasteiger partial charge in [0.05, 0.1) is 19.5 Å². The Labute approximate surface area is 190 Å². The summed E-state index contributed by atoms with van der Waals surface area (Å²) in [6.45, 7) is 6.77. The van der Waals surface area contributed by atoms with Crippen LogP contribution in [0.4, 0.5) is 0 Å². The third-order valence-electron chi connectivity index (χ3n) is 7.06. The van der Waals surface area contributed by atoms with Crippen LogP contribution in [-0.4, -0.2) is 29.8 Å². The fraction of sp³-hybridized carbons (Fsp3) is 0.542. The molecule has 0 unspecified atom stereocenters. The van der Waals surface area contributed by atoms with Gasteiger partial charge in [0, 0.05) is 0 Å². The Balaban J connectivity index is 0.000000352. The van der Waals surface area contributed by atoms with Gasteiger partial charge in [0.25, 0.3) is 5.91 Å². The van der Waals surface area contributed by atoms with Crippen LogP contribution in [0.2, 0.25) is 19.6 Å². The summed E-state index contributed by atoms with van der Waals surface area (Å²) in [5, 5.41) is 12.1. The molecule has 0 aromatic rings. The average molecular weight is 451 g/mol. The molecule has 0 heterocycles. The molecule has 1 N–H and O–H groups in total. The zero-order valence-corrected chi connectivity index (χ0v) is 19.9. The monoisotopic (exact) mass is 451 g/mol. The van der Waals surface area contributed by atoms with E-state index in [0.717, 1.165) is 42.9 Å². The molecular weight excluding hydrogens is 418 g/mol. The fourth-order valence-electron chi connectivity index (χ4n) is 6.24. The average Bonchev–Trinajstić information content (AvgIpc) is 3.33. The predicted molar refractivity (Wildman–Crippen MR) is 114 cm³/mol. The number of hydroxylamine groups is 2.